The molecule has 3 nitrogen and oxygen atoms in total. The topological polar surface area (TPSA) is 32.3 Å². The minimum atomic E-state index is -0.344. The lowest BCUT2D eigenvalue weighted by molar-refractivity contribution is -0.136. The van der Waals surface area contributed by atoms with Crippen molar-refractivity contribution >= 4 is 5.91 Å². The van der Waals surface area contributed by atoms with Crippen molar-refractivity contribution in [1.29, 1.82) is 0 Å². The molecule has 1 N–H and O–H groups in total. The summed E-state index contributed by atoms with van der Waals surface area (Å²) in [7, 11) is 0. The lowest BCUT2D eigenvalue weighted by atomic mass is 9.79. The SMILES string of the molecule is CCC1(C)NC(C)N(C2CC(C)CC(C)C2)C1=O. The van der Waals surface area contributed by atoms with E-state index in [4.69, 9.17) is 0 Å². The highest BCUT2D eigenvalue weighted by atomic mass is 16.2. The van der Waals surface area contributed by atoms with Crippen LogP contribution < -0.4 is 5.32 Å². The molecular weight excluding hydrogens is 224 g/mol. The van der Waals surface area contributed by atoms with Crippen molar-refractivity contribution in [2.75, 3.05) is 0 Å². The molecule has 0 radical (unpaired) electrons. The van der Waals surface area contributed by atoms with Gasteiger partial charge in [-0.25, -0.2) is 0 Å². The van der Waals surface area contributed by atoms with Gasteiger partial charge in [-0.1, -0.05) is 20.8 Å². The molecule has 0 spiro atoms. The second-order valence-corrected chi connectivity index (χ2v) is 6.79. The monoisotopic (exact) mass is 252 g/mol. The van der Waals surface area contributed by atoms with Gasteiger partial charge in [0.05, 0.1) is 11.7 Å². The molecule has 0 aromatic rings. The highest BCUT2D eigenvalue weighted by Crippen LogP contribution is 2.35. The molecular formula is C15H28N2O. The Morgan fingerprint density at radius 3 is 2.22 bits per heavy atom. The summed E-state index contributed by atoms with van der Waals surface area (Å²) >= 11 is 0. The van der Waals surface area contributed by atoms with Crippen molar-refractivity contribution in [1.82, 2.24) is 10.2 Å². The molecule has 2 rings (SSSR count). The van der Waals surface area contributed by atoms with Crippen LogP contribution in [0, 0.1) is 11.8 Å². The van der Waals surface area contributed by atoms with E-state index in [-0.39, 0.29) is 11.7 Å². The third kappa shape index (κ3) is 2.29. The molecule has 2 aliphatic rings. The van der Waals surface area contributed by atoms with Gasteiger partial charge in [0.1, 0.15) is 0 Å². The van der Waals surface area contributed by atoms with E-state index in [9.17, 15) is 4.79 Å². The second-order valence-electron chi connectivity index (χ2n) is 6.79. The predicted octanol–water partition coefficient (Wildman–Crippen LogP) is 2.76. The first-order valence-electron chi connectivity index (χ1n) is 7.48. The first-order valence-corrected chi connectivity index (χ1v) is 7.48. The maximum Gasteiger partial charge on any atom is 0.244 e. The minimum absolute atomic E-state index is 0.185. The molecule has 104 valence electrons. The fourth-order valence-corrected chi connectivity index (χ4v) is 3.92. The zero-order valence-electron chi connectivity index (χ0n) is 12.5. The van der Waals surface area contributed by atoms with Crippen molar-refractivity contribution in [2.45, 2.75) is 78.0 Å². The number of carbonyl (C=O) groups is 1. The van der Waals surface area contributed by atoms with Gasteiger partial charge in [-0.2, -0.15) is 0 Å². The van der Waals surface area contributed by atoms with E-state index >= 15 is 0 Å². The molecule has 3 heteroatoms. The molecule has 1 amide bonds. The summed E-state index contributed by atoms with van der Waals surface area (Å²) in [5.41, 5.74) is -0.344. The summed E-state index contributed by atoms with van der Waals surface area (Å²) in [4.78, 5) is 14.8. The number of nitrogens with one attached hydrogen (secondary N) is 1. The fraction of sp³-hybridized carbons (Fsp3) is 0.933. The van der Waals surface area contributed by atoms with E-state index in [1.165, 1.54) is 19.3 Å². The van der Waals surface area contributed by atoms with Crippen LogP contribution in [0.4, 0.5) is 0 Å². The molecule has 0 aromatic carbocycles. The van der Waals surface area contributed by atoms with Crippen molar-refractivity contribution < 1.29 is 4.79 Å². The van der Waals surface area contributed by atoms with Gasteiger partial charge in [-0.3, -0.25) is 10.1 Å². The summed E-state index contributed by atoms with van der Waals surface area (Å²) < 4.78 is 0. The Balaban J connectivity index is 2.15. The molecule has 1 heterocycles. The molecule has 0 bridgehead atoms. The zero-order chi connectivity index (χ0) is 13.5. The summed E-state index contributed by atoms with van der Waals surface area (Å²) in [6.45, 7) is 10.9. The minimum Gasteiger partial charge on any atom is -0.323 e. The fourth-order valence-electron chi connectivity index (χ4n) is 3.92. The van der Waals surface area contributed by atoms with Crippen LogP contribution >= 0.6 is 0 Å². The Morgan fingerprint density at radius 1 is 1.22 bits per heavy atom. The van der Waals surface area contributed by atoms with Crippen LogP contribution in [-0.4, -0.2) is 28.6 Å². The average molecular weight is 252 g/mol. The predicted molar refractivity (Wildman–Crippen MR) is 74.1 cm³/mol. The van der Waals surface area contributed by atoms with Crippen LogP contribution in [0.2, 0.25) is 0 Å². The molecule has 1 aliphatic heterocycles. The van der Waals surface area contributed by atoms with Crippen LogP contribution in [0.15, 0.2) is 0 Å². The summed E-state index contributed by atoms with van der Waals surface area (Å²) in [6.07, 6.45) is 4.70. The Hall–Kier alpha value is -0.570. The molecule has 2 fully saturated rings. The third-order valence-electron chi connectivity index (χ3n) is 4.91. The Labute approximate surface area is 111 Å². The zero-order valence-corrected chi connectivity index (χ0v) is 12.5. The number of amides is 1. The smallest absolute Gasteiger partial charge is 0.244 e. The van der Waals surface area contributed by atoms with Gasteiger partial charge >= 0.3 is 0 Å². The first kappa shape index (κ1) is 13.9. The van der Waals surface area contributed by atoms with Gasteiger partial charge in [0, 0.05) is 6.04 Å². The third-order valence-corrected chi connectivity index (χ3v) is 4.91. The summed E-state index contributed by atoms with van der Waals surface area (Å²) in [6, 6.07) is 0.437. The molecule has 18 heavy (non-hydrogen) atoms. The van der Waals surface area contributed by atoms with Crippen LogP contribution in [0.25, 0.3) is 0 Å². The number of hydrogen-bond acceptors (Lipinski definition) is 2. The summed E-state index contributed by atoms with van der Waals surface area (Å²) in [5.74, 6) is 1.79. The number of carbonyl (C=O) groups excluding carboxylic acids is 1. The Bertz CT molecular complexity index is 320. The lowest BCUT2D eigenvalue weighted by Gasteiger charge is -2.39. The van der Waals surface area contributed by atoms with Crippen molar-refractivity contribution in [3.63, 3.8) is 0 Å². The largest absolute Gasteiger partial charge is 0.323 e. The summed E-state index contributed by atoms with van der Waals surface area (Å²) in [5, 5.41) is 3.48. The van der Waals surface area contributed by atoms with Gasteiger partial charge in [-0.05, 0) is 51.4 Å². The van der Waals surface area contributed by atoms with Gasteiger partial charge in [-0.15, -0.1) is 0 Å². The van der Waals surface area contributed by atoms with Crippen LogP contribution in [-0.2, 0) is 4.79 Å². The van der Waals surface area contributed by atoms with E-state index in [1.54, 1.807) is 0 Å². The van der Waals surface area contributed by atoms with Gasteiger partial charge in [0.2, 0.25) is 5.91 Å². The second kappa shape index (κ2) is 4.84. The highest BCUT2D eigenvalue weighted by molar-refractivity contribution is 5.88. The van der Waals surface area contributed by atoms with Crippen molar-refractivity contribution in [3.05, 3.63) is 0 Å². The van der Waals surface area contributed by atoms with Crippen molar-refractivity contribution in [3.8, 4) is 0 Å². The quantitative estimate of drug-likeness (QED) is 0.819. The van der Waals surface area contributed by atoms with Gasteiger partial charge in [0.15, 0.2) is 0 Å². The van der Waals surface area contributed by atoms with E-state index in [0.29, 0.717) is 11.9 Å². The van der Waals surface area contributed by atoms with Gasteiger partial charge < -0.3 is 4.90 Å². The molecule has 1 aliphatic carbocycles. The number of nitrogens with zero attached hydrogens (tertiary/aromatic N) is 1. The molecule has 4 unspecified atom stereocenters. The Kier molecular flexibility index (Phi) is 3.72. The van der Waals surface area contributed by atoms with E-state index in [2.05, 4.69) is 37.9 Å². The maximum absolute atomic E-state index is 12.6. The average Bonchev–Trinajstić information content (AvgIpc) is 2.49. The molecule has 0 aromatic heterocycles. The number of rotatable bonds is 2. The molecule has 4 atom stereocenters. The lowest BCUT2D eigenvalue weighted by Crippen LogP contribution is -2.47. The molecule has 1 saturated carbocycles. The number of hydrogen-bond donors (Lipinski definition) is 1. The first-order chi connectivity index (χ1) is 8.37. The maximum atomic E-state index is 12.6. The Morgan fingerprint density at radius 2 is 1.78 bits per heavy atom. The molecule has 1 saturated heterocycles. The van der Waals surface area contributed by atoms with E-state index in [1.807, 2.05) is 6.92 Å². The van der Waals surface area contributed by atoms with Crippen LogP contribution in [0.5, 0.6) is 0 Å². The van der Waals surface area contributed by atoms with Gasteiger partial charge in [0.25, 0.3) is 0 Å². The normalized spacial score (nSPS) is 45.6. The van der Waals surface area contributed by atoms with E-state index < -0.39 is 0 Å². The van der Waals surface area contributed by atoms with E-state index in [0.717, 1.165) is 18.3 Å². The standard InChI is InChI=1S/C15H28N2O/c1-6-15(5)14(18)17(12(4)16-15)13-8-10(2)7-11(3)9-13/h10-13,16H,6-9H2,1-5H3. The van der Waals surface area contributed by atoms with Crippen LogP contribution in [0.3, 0.4) is 0 Å². The highest BCUT2D eigenvalue weighted by Gasteiger charge is 2.48. The van der Waals surface area contributed by atoms with Crippen LogP contribution in [0.1, 0.15) is 60.3 Å². The van der Waals surface area contributed by atoms with Crippen molar-refractivity contribution in [2.24, 2.45) is 11.8 Å².